The minimum Gasteiger partial charge on any atom is -0.350 e. The highest BCUT2D eigenvalue weighted by Crippen LogP contribution is 2.31. The molecule has 6 nitrogen and oxygen atoms in total. The van der Waals surface area contributed by atoms with Crippen LogP contribution in [0.1, 0.15) is 34.3 Å². The monoisotopic (exact) mass is 423 g/mol. The smallest absolute Gasteiger partial charge is 0.262 e. The van der Waals surface area contributed by atoms with E-state index in [2.05, 4.69) is 10.0 Å². The van der Waals surface area contributed by atoms with E-state index in [4.69, 9.17) is 5.73 Å². The molecule has 2 aromatic rings. The van der Waals surface area contributed by atoms with Crippen molar-refractivity contribution < 1.29 is 13.2 Å². The lowest BCUT2D eigenvalue weighted by atomic mass is 10.1. The standard InChI is InChI=1S/C20H25N3O3S.ClH/c1-13-6-7-14(2)19(10-13)27(25,26)23-17-5-3-4-16(11-17)20(24)22-12-18(21)15-8-9-15;/h3-7,10-11,15,18,23H,8-9,12,21H2,1-2H3,(H,22,24);1H. The van der Waals surface area contributed by atoms with Gasteiger partial charge in [0, 0.05) is 23.8 Å². The Bertz CT molecular complexity index is 959. The Kier molecular flexibility index (Phi) is 7.09. The maximum Gasteiger partial charge on any atom is 0.262 e. The summed E-state index contributed by atoms with van der Waals surface area (Å²) in [6.45, 7) is 4.01. The second-order valence-electron chi connectivity index (χ2n) is 7.17. The van der Waals surface area contributed by atoms with Gasteiger partial charge in [-0.25, -0.2) is 8.42 Å². The number of anilines is 1. The lowest BCUT2D eigenvalue weighted by Gasteiger charge is -2.13. The SMILES string of the molecule is Cc1ccc(C)c(S(=O)(=O)Nc2cccc(C(=O)NCC(N)C3CC3)c2)c1.Cl. The van der Waals surface area contributed by atoms with Crippen LogP contribution >= 0.6 is 12.4 Å². The molecule has 8 heteroatoms. The van der Waals surface area contributed by atoms with E-state index in [1.165, 1.54) is 6.07 Å². The Morgan fingerprint density at radius 1 is 1.18 bits per heavy atom. The van der Waals surface area contributed by atoms with E-state index in [0.29, 0.717) is 29.3 Å². The molecule has 0 aromatic heterocycles. The molecule has 152 valence electrons. The number of halogens is 1. The molecular formula is C20H26ClN3O3S. The third kappa shape index (κ3) is 5.47. The Hall–Kier alpha value is -2.09. The summed E-state index contributed by atoms with van der Waals surface area (Å²) < 4.78 is 28.0. The number of amides is 1. The Morgan fingerprint density at radius 3 is 2.57 bits per heavy atom. The molecule has 1 unspecified atom stereocenters. The van der Waals surface area contributed by atoms with Gasteiger partial charge in [0.15, 0.2) is 0 Å². The second-order valence-corrected chi connectivity index (χ2v) is 8.82. The summed E-state index contributed by atoms with van der Waals surface area (Å²) in [4.78, 5) is 12.6. The lowest BCUT2D eigenvalue weighted by molar-refractivity contribution is 0.0950. The molecule has 2 aromatic carbocycles. The zero-order chi connectivity index (χ0) is 19.6. The van der Waals surface area contributed by atoms with Crippen molar-refractivity contribution in [3.8, 4) is 0 Å². The third-order valence-electron chi connectivity index (χ3n) is 4.74. The summed E-state index contributed by atoms with van der Waals surface area (Å²) in [6, 6.07) is 11.7. The van der Waals surface area contributed by atoms with Crippen molar-refractivity contribution >= 4 is 34.0 Å². The number of carbonyl (C=O) groups excluding carboxylic acids is 1. The second kappa shape index (κ2) is 8.94. The van der Waals surface area contributed by atoms with Crippen LogP contribution < -0.4 is 15.8 Å². The van der Waals surface area contributed by atoms with Crippen molar-refractivity contribution in [3.05, 3.63) is 59.2 Å². The molecule has 1 fully saturated rings. The summed E-state index contributed by atoms with van der Waals surface area (Å²) in [5.41, 5.74) is 8.26. The fraction of sp³-hybridized carbons (Fsp3) is 0.350. The fourth-order valence-corrected chi connectivity index (χ4v) is 4.31. The van der Waals surface area contributed by atoms with Crippen molar-refractivity contribution in [1.82, 2.24) is 5.32 Å². The molecule has 0 spiro atoms. The van der Waals surface area contributed by atoms with Crippen LogP contribution in [0.3, 0.4) is 0 Å². The van der Waals surface area contributed by atoms with Gasteiger partial charge >= 0.3 is 0 Å². The molecule has 1 amide bonds. The van der Waals surface area contributed by atoms with Crippen LogP contribution in [0, 0.1) is 19.8 Å². The highest BCUT2D eigenvalue weighted by atomic mass is 35.5. The van der Waals surface area contributed by atoms with Gasteiger partial charge in [-0.2, -0.15) is 0 Å². The number of benzene rings is 2. The van der Waals surface area contributed by atoms with Gasteiger partial charge < -0.3 is 11.1 Å². The average molecular weight is 424 g/mol. The maximum absolute atomic E-state index is 12.7. The van der Waals surface area contributed by atoms with Gasteiger partial charge in [-0.1, -0.05) is 18.2 Å². The van der Waals surface area contributed by atoms with Crippen LogP contribution in [-0.4, -0.2) is 26.9 Å². The van der Waals surface area contributed by atoms with E-state index in [9.17, 15) is 13.2 Å². The van der Waals surface area contributed by atoms with Crippen LogP contribution in [0.2, 0.25) is 0 Å². The molecule has 1 aliphatic carbocycles. The van der Waals surface area contributed by atoms with E-state index in [-0.39, 0.29) is 29.3 Å². The molecule has 4 N–H and O–H groups in total. The summed E-state index contributed by atoms with van der Waals surface area (Å²) in [5, 5.41) is 2.82. The molecule has 3 rings (SSSR count). The molecular weight excluding hydrogens is 398 g/mol. The number of nitrogens with one attached hydrogen (secondary N) is 2. The summed E-state index contributed by atoms with van der Waals surface area (Å²) in [6.07, 6.45) is 2.24. The van der Waals surface area contributed by atoms with Gasteiger partial charge in [0.25, 0.3) is 15.9 Å². The Labute approximate surface area is 172 Å². The van der Waals surface area contributed by atoms with Gasteiger partial charge in [0.1, 0.15) is 0 Å². The van der Waals surface area contributed by atoms with Crippen LogP contribution in [0.5, 0.6) is 0 Å². The van der Waals surface area contributed by atoms with Crippen LogP contribution in [0.25, 0.3) is 0 Å². The Morgan fingerprint density at radius 2 is 1.89 bits per heavy atom. The van der Waals surface area contributed by atoms with E-state index >= 15 is 0 Å². The maximum atomic E-state index is 12.7. The van der Waals surface area contributed by atoms with Gasteiger partial charge in [-0.15, -0.1) is 12.4 Å². The van der Waals surface area contributed by atoms with E-state index in [1.54, 1.807) is 37.3 Å². The summed E-state index contributed by atoms with van der Waals surface area (Å²) >= 11 is 0. The van der Waals surface area contributed by atoms with E-state index < -0.39 is 10.0 Å². The topological polar surface area (TPSA) is 101 Å². The molecule has 0 bridgehead atoms. The van der Waals surface area contributed by atoms with E-state index in [0.717, 1.165) is 18.4 Å². The van der Waals surface area contributed by atoms with Gasteiger partial charge in [0.05, 0.1) is 4.90 Å². The van der Waals surface area contributed by atoms with Gasteiger partial charge in [-0.3, -0.25) is 9.52 Å². The highest BCUT2D eigenvalue weighted by molar-refractivity contribution is 7.92. The highest BCUT2D eigenvalue weighted by Gasteiger charge is 2.28. The quantitative estimate of drug-likeness (QED) is 0.637. The number of rotatable bonds is 7. The van der Waals surface area contributed by atoms with Gasteiger partial charge in [0.2, 0.25) is 0 Å². The summed E-state index contributed by atoms with van der Waals surface area (Å²) in [5.74, 6) is 0.236. The molecule has 0 aliphatic heterocycles. The molecule has 1 atom stereocenters. The van der Waals surface area contributed by atoms with Crippen LogP contribution in [-0.2, 0) is 10.0 Å². The largest absolute Gasteiger partial charge is 0.350 e. The van der Waals surface area contributed by atoms with Crippen molar-refractivity contribution in [2.24, 2.45) is 11.7 Å². The van der Waals surface area contributed by atoms with Gasteiger partial charge in [-0.05, 0) is 68.0 Å². The van der Waals surface area contributed by atoms with Crippen molar-refractivity contribution in [2.45, 2.75) is 37.6 Å². The third-order valence-corrected chi connectivity index (χ3v) is 6.26. The van der Waals surface area contributed by atoms with E-state index in [1.807, 2.05) is 13.0 Å². The van der Waals surface area contributed by atoms with Crippen molar-refractivity contribution in [1.29, 1.82) is 0 Å². The number of hydrogen-bond donors (Lipinski definition) is 3. The minimum absolute atomic E-state index is 0. The first kappa shape index (κ1) is 22.2. The number of aryl methyl sites for hydroxylation is 2. The minimum atomic E-state index is -3.74. The molecule has 1 saturated carbocycles. The number of hydrogen-bond acceptors (Lipinski definition) is 4. The fourth-order valence-electron chi connectivity index (χ4n) is 2.93. The number of carbonyl (C=O) groups is 1. The van der Waals surface area contributed by atoms with Crippen molar-refractivity contribution in [2.75, 3.05) is 11.3 Å². The lowest BCUT2D eigenvalue weighted by Crippen LogP contribution is -2.38. The van der Waals surface area contributed by atoms with Crippen molar-refractivity contribution in [3.63, 3.8) is 0 Å². The predicted octanol–water partition coefficient (Wildman–Crippen LogP) is 2.99. The Balaban J connectivity index is 0.00000280. The summed E-state index contributed by atoms with van der Waals surface area (Å²) in [7, 11) is -3.74. The molecule has 0 saturated heterocycles. The van der Waals surface area contributed by atoms with Crippen LogP contribution in [0.15, 0.2) is 47.4 Å². The number of nitrogens with two attached hydrogens (primary N) is 1. The normalized spacial score (nSPS) is 14.7. The zero-order valence-corrected chi connectivity index (χ0v) is 17.6. The first-order valence-corrected chi connectivity index (χ1v) is 10.5. The molecule has 1 aliphatic rings. The average Bonchev–Trinajstić information content (AvgIpc) is 3.46. The molecule has 28 heavy (non-hydrogen) atoms. The predicted molar refractivity (Wildman–Crippen MR) is 113 cm³/mol. The first-order chi connectivity index (χ1) is 12.8. The van der Waals surface area contributed by atoms with Crippen LogP contribution in [0.4, 0.5) is 5.69 Å². The number of sulfonamides is 1. The molecule has 0 heterocycles. The zero-order valence-electron chi connectivity index (χ0n) is 15.9. The first-order valence-electron chi connectivity index (χ1n) is 9.00. The molecule has 0 radical (unpaired) electrons.